The number of nitrogens with zero attached hydrogens (tertiary/aromatic N) is 2. The molecule has 0 saturated carbocycles. The van der Waals surface area contributed by atoms with Crippen LogP contribution in [0.2, 0.25) is 0 Å². The zero-order valence-electron chi connectivity index (χ0n) is 10.4. The van der Waals surface area contributed by atoms with Gasteiger partial charge in [0.15, 0.2) is 0 Å². The number of pyridine rings is 1. The normalized spacial score (nSPS) is 10.5. The molecule has 0 fully saturated rings. The standard InChI is InChI=1S/C12H15N3O2/c1-8-5-9(7-13)6-10(14-8)15-11(16)17-12(2,3)4/h5-6H,1-4H3,(H,14,15,16). The molecule has 0 aliphatic rings. The Morgan fingerprint density at radius 2 is 2.12 bits per heavy atom. The Hall–Kier alpha value is -2.09. The first-order chi connectivity index (χ1) is 7.80. The molecule has 0 aliphatic heterocycles. The molecule has 0 unspecified atom stereocenters. The van der Waals surface area contributed by atoms with Crippen LogP contribution in [0.15, 0.2) is 12.1 Å². The lowest BCUT2D eigenvalue weighted by atomic mass is 10.2. The number of aromatic nitrogens is 1. The summed E-state index contributed by atoms with van der Waals surface area (Å²) in [5.41, 5.74) is 0.546. The average Bonchev–Trinajstić information content (AvgIpc) is 2.13. The topological polar surface area (TPSA) is 75.0 Å². The Morgan fingerprint density at radius 3 is 2.65 bits per heavy atom. The second kappa shape index (κ2) is 4.83. The first-order valence-electron chi connectivity index (χ1n) is 5.19. The fraction of sp³-hybridized carbons (Fsp3) is 0.417. The molecule has 0 spiro atoms. The van der Waals surface area contributed by atoms with Crippen molar-refractivity contribution < 1.29 is 9.53 Å². The van der Waals surface area contributed by atoms with Gasteiger partial charge in [-0.1, -0.05) is 0 Å². The Balaban J connectivity index is 2.79. The van der Waals surface area contributed by atoms with Crippen molar-refractivity contribution in [3.63, 3.8) is 0 Å². The van der Waals surface area contributed by atoms with Gasteiger partial charge in [0.2, 0.25) is 0 Å². The first-order valence-corrected chi connectivity index (χ1v) is 5.19. The molecule has 0 atom stereocenters. The van der Waals surface area contributed by atoms with Crippen molar-refractivity contribution >= 4 is 11.9 Å². The summed E-state index contributed by atoms with van der Waals surface area (Å²) in [5, 5.41) is 11.3. The number of ether oxygens (including phenoxy) is 1. The largest absolute Gasteiger partial charge is 0.444 e. The Kier molecular flexibility index (Phi) is 3.69. The highest BCUT2D eigenvalue weighted by Gasteiger charge is 2.16. The molecule has 5 nitrogen and oxygen atoms in total. The Bertz CT molecular complexity index is 470. The quantitative estimate of drug-likeness (QED) is 0.809. The van der Waals surface area contributed by atoms with E-state index in [9.17, 15) is 4.79 Å². The third-order valence-corrected chi connectivity index (χ3v) is 1.71. The van der Waals surface area contributed by atoms with E-state index in [1.54, 1.807) is 33.8 Å². The molecule has 1 heterocycles. The molecule has 0 radical (unpaired) electrons. The highest BCUT2D eigenvalue weighted by atomic mass is 16.6. The fourth-order valence-electron chi connectivity index (χ4n) is 1.21. The van der Waals surface area contributed by atoms with Crippen LogP contribution in [0.1, 0.15) is 32.0 Å². The van der Waals surface area contributed by atoms with Gasteiger partial charge in [-0.25, -0.2) is 9.78 Å². The van der Waals surface area contributed by atoms with Crippen LogP contribution < -0.4 is 5.32 Å². The predicted molar refractivity (Wildman–Crippen MR) is 63.5 cm³/mol. The number of rotatable bonds is 1. The van der Waals surface area contributed by atoms with Crippen molar-refractivity contribution in [2.45, 2.75) is 33.3 Å². The lowest BCUT2D eigenvalue weighted by Gasteiger charge is -2.19. The highest BCUT2D eigenvalue weighted by Crippen LogP contribution is 2.12. The van der Waals surface area contributed by atoms with Gasteiger partial charge in [-0.15, -0.1) is 0 Å². The molecule has 1 aromatic heterocycles. The maximum Gasteiger partial charge on any atom is 0.413 e. The number of carbonyl (C=O) groups is 1. The number of nitriles is 1. The van der Waals surface area contributed by atoms with E-state index in [0.717, 1.165) is 0 Å². The van der Waals surface area contributed by atoms with Crippen molar-refractivity contribution in [3.05, 3.63) is 23.4 Å². The van der Waals surface area contributed by atoms with Crippen molar-refractivity contribution in [3.8, 4) is 6.07 Å². The fourth-order valence-corrected chi connectivity index (χ4v) is 1.21. The zero-order valence-corrected chi connectivity index (χ0v) is 10.4. The van der Waals surface area contributed by atoms with Crippen LogP contribution in [0.3, 0.4) is 0 Å². The van der Waals surface area contributed by atoms with E-state index in [4.69, 9.17) is 10.00 Å². The maximum absolute atomic E-state index is 11.5. The monoisotopic (exact) mass is 233 g/mol. The molecule has 1 rings (SSSR count). The number of aryl methyl sites for hydroxylation is 1. The lowest BCUT2D eigenvalue weighted by Crippen LogP contribution is -2.27. The predicted octanol–water partition coefficient (Wildman–Crippen LogP) is 2.61. The molecule has 5 heteroatoms. The van der Waals surface area contributed by atoms with Crippen LogP contribution in [0.4, 0.5) is 10.6 Å². The number of anilines is 1. The SMILES string of the molecule is Cc1cc(C#N)cc(NC(=O)OC(C)(C)C)n1. The van der Waals surface area contributed by atoms with Crippen molar-refractivity contribution in [1.29, 1.82) is 5.26 Å². The highest BCUT2D eigenvalue weighted by molar-refractivity contribution is 5.83. The molecule has 1 amide bonds. The average molecular weight is 233 g/mol. The van der Waals surface area contributed by atoms with Gasteiger partial charge in [0.25, 0.3) is 0 Å². The summed E-state index contributed by atoms with van der Waals surface area (Å²) < 4.78 is 5.08. The van der Waals surface area contributed by atoms with E-state index in [0.29, 0.717) is 17.1 Å². The van der Waals surface area contributed by atoms with Gasteiger partial charge in [-0.2, -0.15) is 5.26 Å². The number of carbonyl (C=O) groups excluding carboxylic acids is 1. The molecular formula is C12H15N3O2. The van der Waals surface area contributed by atoms with Gasteiger partial charge < -0.3 is 4.74 Å². The summed E-state index contributed by atoms with van der Waals surface area (Å²) in [7, 11) is 0. The summed E-state index contributed by atoms with van der Waals surface area (Å²) in [6.07, 6.45) is -0.584. The van der Waals surface area contributed by atoms with Crippen molar-refractivity contribution in [1.82, 2.24) is 4.98 Å². The molecule has 90 valence electrons. The molecule has 1 aromatic rings. The minimum atomic E-state index is -0.584. The zero-order chi connectivity index (χ0) is 13.1. The Morgan fingerprint density at radius 1 is 1.47 bits per heavy atom. The first kappa shape index (κ1) is 13.0. The summed E-state index contributed by atoms with van der Waals surface area (Å²) in [4.78, 5) is 15.6. The molecular weight excluding hydrogens is 218 g/mol. The summed E-state index contributed by atoms with van der Waals surface area (Å²) >= 11 is 0. The summed E-state index contributed by atoms with van der Waals surface area (Å²) in [5.74, 6) is 0.316. The van der Waals surface area contributed by atoms with Gasteiger partial charge in [0.05, 0.1) is 11.6 Å². The number of nitrogens with one attached hydrogen (secondary N) is 1. The second-order valence-electron chi connectivity index (χ2n) is 4.62. The number of amides is 1. The second-order valence-corrected chi connectivity index (χ2v) is 4.62. The van der Waals surface area contributed by atoms with Crippen molar-refractivity contribution in [2.24, 2.45) is 0 Å². The third-order valence-electron chi connectivity index (χ3n) is 1.71. The van der Waals surface area contributed by atoms with E-state index < -0.39 is 11.7 Å². The van der Waals surface area contributed by atoms with Gasteiger partial charge in [0.1, 0.15) is 11.4 Å². The molecule has 1 N–H and O–H groups in total. The molecule has 0 bridgehead atoms. The third kappa shape index (κ3) is 4.51. The summed E-state index contributed by atoms with van der Waals surface area (Å²) in [6.45, 7) is 7.08. The minimum absolute atomic E-state index is 0.316. The van der Waals surface area contributed by atoms with E-state index in [1.807, 2.05) is 6.07 Å². The number of hydrogen-bond acceptors (Lipinski definition) is 4. The van der Waals surface area contributed by atoms with Crippen molar-refractivity contribution in [2.75, 3.05) is 5.32 Å². The summed E-state index contributed by atoms with van der Waals surface area (Å²) in [6, 6.07) is 5.13. The van der Waals surface area contributed by atoms with Gasteiger partial charge in [-0.3, -0.25) is 5.32 Å². The van der Waals surface area contributed by atoms with E-state index in [-0.39, 0.29) is 0 Å². The van der Waals surface area contributed by atoms with E-state index in [1.165, 1.54) is 6.07 Å². The van der Waals surface area contributed by atoms with E-state index >= 15 is 0 Å². The van der Waals surface area contributed by atoms with Crippen LogP contribution in [0, 0.1) is 18.3 Å². The minimum Gasteiger partial charge on any atom is -0.444 e. The van der Waals surface area contributed by atoms with Crippen LogP contribution in [0.25, 0.3) is 0 Å². The van der Waals surface area contributed by atoms with Crippen LogP contribution in [-0.2, 0) is 4.74 Å². The van der Waals surface area contributed by atoms with Gasteiger partial charge in [-0.05, 0) is 39.8 Å². The molecule has 0 aromatic carbocycles. The van der Waals surface area contributed by atoms with Gasteiger partial charge >= 0.3 is 6.09 Å². The Labute approximate surface area is 100 Å². The molecule has 17 heavy (non-hydrogen) atoms. The maximum atomic E-state index is 11.5. The van der Waals surface area contributed by atoms with Crippen LogP contribution >= 0.6 is 0 Å². The molecule has 0 saturated heterocycles. The van der Waals surface area contributed by atoms with Crippen LogP contribution in [-0.4, -0.2) is 16.7 Å². The number of hydrogen-bond donors (Lipinski definition) is 1. The smallest absolute Gasteiger partial charge is 0.413 e. The lowest BCUT2D eigenvalue weighted by molar-refractivity contribution is 0.0635. The molecule has 0 aliphatic carbocycles. The van der Waals surface area contributed by atoms with Crippen LogP contribution in [0.5, 0.6) is 0 Å². The van der Waals surface area contributed by atoms with Gasteiger partial charge in [0, 0.05) is 5.69 Å². The van der Waals surface area contributed by atoms with E-state index in [2.05, 4.69) is 10.3 Å².